The quantitative estimate of drug-likeness (QED) is 0.323. The maximum Gasteiger partial charge on any atom is 0.257 e. The monoisotopic (exact) mass is 518 g/mol. The summed E-state index contributed by atoms with van der Waals surface area (Å²) in [5, 5.41) is 12.3. The molecular weight excluding hydrogens is 488 g/mol. The van der Waals surface area contributed by atoms with Crippen LogP contribution in [0, 0.1) is 12.8 Å². The Kier molecular flexibility index (Phi) is 7.28. The predicted octanol–water partition coefficient (Wildman–Crippen LogP) is 5.71. The molecule has 5 rings (SSSR count). The highest BCUT2D eigenvalue weighted by molar-refractivity contribution is 6.33. The maximum absolute atomic E-state index is 13.1. The Bertz CT molecular complexity index is 1410. The van der Waals surface area contributed by atoms with E-state index < -0.39 is 0 Å². The molecule has 0 bridgehead atoms. The number of benzene rings is 2. The molecule has 2 N–H and O–H groups in total. The first-order chi connectivity index (χ1) is 17.9. The number of rotatable bonds is 7. The van der Waals surface area contributed by atoms with Crippen molar-refractivity contribution in [2.45, 2.75) is 38.6 Å². The highest BCUT2D eigenvalue weighted by atomic mass is 35.5. The number of para-hydroxylation sites is 1. The summed E-state index contributed by atoms with van der Waals surface area (Å²) >= 11 is 6.34. The number of halogens is 1. The Morgan fingerprint density at radius 3 is 2.54 bits per heavy atom. The molecule has 0 saturated heterocycles. The predicted molar refractivity (Wildman–Crippen MR) is 147 cm³/mol. The Balaban J connectivity index is 1.18. The van der Waals surface area contributed by atoms with Gasteiger partial charge in [-0.05, 0) is 56.7 Å². The van der Waals surface area contributed by atoms with E-state index in [9.17, 15) is 4.79 Å². The van der Waals surface area contributed by atoms with E-state index in [0.717, 1.165) is 42.4 Å². The van der Waals surface area contributed by atoms with E-state index in [1.165, 1.54) is 0 Å². The van der Waals surface area contributed by atoms with E-state index >= 15 is 0 Å². The van der Waals surface area contributed by atoms with Crippen LogP contribution in [-0.4, -0.2) is 47.7 Å². The van der Waals surface area contributed by atoms with Crippen molar-refractivity contribution in [2.75, 3.05) is 30.9 Å². The van der Waals surface area contributed by atoms with Crippen molar-refractivity contribution in [3.8, 4) is 11.3 Å². The third kappa shape index (κ3) is 5.39. The molecule has 1 aliphatic carbocycles. The van der Waals surface area contributed by atoms with E-state index in [1.54, 1.807) is 13.0 Å². The van der Waals surface area contributed by atoms with Crippen molar-refractivity contribution < 1.29 is 9.32 Å². The van der Waals surface area contributed by atoms with Gasteiger partial charge in [-0.2, -0.15) is 4.98 Å². The summed E-state index contributed by atoms with van der Waals surface area (Å²) in [5.41, 5.74) is 2.53. The average molecular weight is 519 g/mol. The highest BCUT2D eigenvalue weighted by Crippen LogP contribution is 2.32. The molecule has 192 valence electrons. The van der Waals surface area contributed by atoms with Crippen LogP contribution in [0.15, 0.2) is 53.1 Å². The first-order valence-electron chi connectivity index (χ1n) is 12.6. The molecule has 0 unspecified atom stereocenters. The number of amides is 1. The van der Waals surface area contributed by atoms with Gasteiger partial charge in [-0.3, -0.25) is 4.79 Å². The second-order valence-corrected chi connectivity index (χ2v) is 10.2. The van der Waals surface area contributed by atoms with Crippen molar-refractivity contribution in [2.24, 2.45) is 5.92 Å². The summed E-state index contributed by atoms with van der Waals surface area (Å²) in [6.07, 6.45) is 3.99. The van der Waals surface area contributed by atoms with Gasteiger partial charge in [0.1, 0.15) is 22.8 Å². The van der Waals surface area contributed by atoms with Gasteiger partial charge in [-0.25, -0.2) is 4.98 Å². The second kappa shape index (κ2) is 10.8. The average Bonchev–Trinajstić information content (AvgIpc) is 3.29. The normalized spacial score (nSPS) is 17.5. The number of nitrogens with zero attached hydrogens (tertiary/aromatic N) is 4. The van der Waals surface area contributed by atoms with Crippen LogP contribution in [0.25, 0.3) is 22.2 Å². The van der Waals surface area contributed by atoms with Gasteiger partial charge in [-0.15, -0.1) is 0 Å². The smallest absolute Gasteiger partial charge is 0.257 e. The highest BCUT2D eigenvalue weighted by Gasteiger charge is 2.26. The third-order valence-electron chi connectivity index (χ3n) is 6.96. The van der Waals surface area contributed by atoms with Gasteiger partial charge in [-0.1, -0.05) is 47.1 Å². The molecule has 0 spiro atoms. The number of carbonyl (C=O) groups excluding carboxylic acids is 1. The van der Waals surface area contributed by atoms with Crippen LogP contribution in [0.1, 0.15) is 41.8 Å². The van der Waals surface area contributed by atoms with Crippen LogP contribution in [0.2, 0.25) is 5.02 Å². The molecule has 37 heavy (non-hydrogen) atoms. The van der Waals surface area contributed by atoms with Gasteiger partial charge < -0.3 is 20.1 Å². The van der Waals surface area contributed by atoms with Crippen molar-refractivity contribution >= 4 is 40.2 Å². The Morgan fingerprint density at radius 2 is 1.78 bits per heavy atom. The number of hydrogen-bond donors (Lipinski definition) is 2. The van der Waals surface area contributed by atoms with Crippen molar-refractivity contribution in [3.05, 3.63) is 64.9 Å². The number of nitrogens with one attached hydrogen (secondary N) is 2. The Morgan fingerprint density at radius 1 is 1.05 bits per heavy atom. The lowest BCUT2D eigenvalue weighted by atomic mass is 9.86. The first kappa shape index (κ1) is 25.0. The van der Waals surface area contributed by atoms with Gasteiger partial charge in [0, 0.05) is 37.6 Å². The molecule has 0 atom stereocenters. The molecule has 0 radical (unpaired) electrons. The van der Waals surface area contributed by atoms with Crippen LogP contribution >= 0.6 is 11.6 Å². The standard InChI is InChI=1S/C28H31ClN6O2/c1-17-24(25(34-37-17)20-8-4-6-10-22(20)29)27(36)30-16-18-12-14-19(15-13-18)31-28-32-23-11-7-5-9-21(23)26(33-28)35(2)3/h4-11,18-19H,12-16H2,1-3H3,(H,30,36)(H,31,32,33)/t18-,19+. The van der Waals surface area contributed by atoms with Crippen LogP contribution in [-0.2, 0) is 0 Å². The molecule has 2 aromatic carbocycles. The van der Waals surface area contributed by atoms with E-state index in [0.29, 0.717) is 52.1 Å². The fourth-order valence-electron chi connectivity index (χ4n) is 4.96. The lowest BCUT2D eigenvalue weighted by molar-refractivity contribution is 0.0942. The third-order valence-corrected chi connectivity index (χ3v) is 7.29. The van der Waals surface area contributed by atoms with E-state index in [4.69, 9.17) is 26.1 Å². The van der Waals surface area contributed by atoms with Crippen LogP contribution in [0.4, 0.5) is 11.8 Å². The van der Waals surface area contributed by atoms with Gasteiger partial charge >= 0.3 is 0 Å². The molecular formula is C28H31ClN6O2. The first-order valence-corrected chi connectivity index (χ1v) is 13.0. The van der Waals surface area contributed by atoms with E-state index in [2.05, 4.69) is 15.8 Å². The zero-order valence-corrected chi connectivity index (χ0v) is 22.0. The van der Waals surface area contributed by atoms with Crippen LogP contribution in [0.3, 0.4) is 0 Å². The Labute approximate surface area is 221 Å². The Hall–Kier alpha value is -3.65. The molecule has 1 fully saturated rings. The van der Waals surface area contributed by atoms with Crippen LogP contribution < -0.4 is 15.5 Å². The number of hydrogen-bond acceptors (Lipinski definition) is 7. The lowest BCUT2D eigenvalue weighted by Crippen LogP contribution is -2.34. The fourth-order valence-corrected chi connectivity index (χ4v) is 5.19. The van der Waals surface area contributed by atoms with E-state index in [-0.39, 0.29) is 5.91 Å². The second-order valence-electron chi connectivity index (χ2n) is 9.80. The minimum Gasteiger partial charge on any atom is -0.362 e. The zero-order valence-electron chi connectivity index (χ0n) is 21.3. The zero-order chi connectivity index (χ0) is 25.9. The SMILES string of the molecule is Cc1onc(-c2ccccc2Cl)c1C(=O)NC[C@H]1CC[C@@H](Nc2nc(N(C)C)c3ccccc3n2)CC1. The minimum absolute atomic E-state index is 0.185. The molecule has 4 aromatic rings. The summed E-state index contributed by atoms with van der Waals surface area (Å²) < 4.78 is 5.35. The largest absolute Gasteiger partial charge is 0.362 e. The number of carbonyl (C=O) groups is 1. The van der Waals surface area contributed by atoms with Crippen molar-refractivity contribution in [1.29, 1.82) is 0 Å². The molecule has 2 heterocycles. The number of aryl methyl sites for hydroxylation is 1. The van der Waals surface area contributed by atoms with Gasteiger partial charge in [0.25, 0.3) is 5.91 Å². The van der Waals surface area contributed by atoms with Gasteiger partial charge in [0.15, 0.2) is 0 Å². The van der Waals surface area contributed by atoms with Crippen molar-refractivity contribution in [3.63, 3.8) is 0 Å². The molecule has 2 aromatic heterocycles. The summed E-state index contributed by atoms with van der Waals surface area (Å²) in [7, 11) is 3.99. The summed E-state index contributed by atoms with van der Waals surface area (Å²) in [5.74, 6) is 2.27. The summed E-state index contributed by atoms with van der Waals surface area (Å²) in [6.45, 7) is 2.35. The molecule has 9 heteroatoms. The summed E-state index contributed by atoms with van der Waals surface area (Å²) in [4.78, 5) is 24.6. The molecule has 8 nitrogen and oxygen atoms in total. The molecule has 1 amide bonds. The fraction of sp³-hybridized carbons (Fsp3) is 0.357. The molecule has 0 aliphatic heterocycles. The van der Waals surface area contributed by atoms with Crippen LogP contribution in [0.5, 0.6) is 0 Å². The number of aromatic nitrogens is 3. The number of anilines is 2. The topological polar surface area (TPSA) is 96.2 Å². The minimum atomic E-state index is -0.185. The van der Waals surface area contributed by atoms with Gasteiger partial charge in [0.05, 0.1) is 10.5 Å². The molecule has 1 aliphatic rings. The molecule has 1 saturated carbocycles. The van der Waals surface area contributed by atoms with Gasteiger partial charge in [0.2, 0.25) is 5.95 Å². The van der Waals surface area contributed by atoms with Crippen molar-refractivity contribution in [1.82, 2.24) is 20.4 Å². The summed E-state index contributed by atoms with van der Waals surface area (Å²) in [6, 6.07) is 15.7. The number of fused-ring (bicyclic) bond motifs is 1. The lowest BCUT2D eigenvalue weighted by Gasteiger charge is -2.29. The maximum atomic E-state index is 13.1. The van der Waals surface area contributed by atoms with E-state index in [1.807, 2.05) is 61.5 Å².